The van der Waals surface area contributed by atoms with Crippen LogP contribution in [0.3, 0.4) is 0 Å². The Labute approximate surface area is 142 Å². The third kappa shape index (κ3) is 3.14. The first kappa shape index (κ1) is 15.5. The van der Waals surface area contributed by atoms with E-state index in [1.807, 2.05) is 0 Å². The van der Waals surface area contributed by atoms with Crippen molar-refractivity contribution in [3.05, 3.63) is 47.5 Å². The van der Waals surface area contributed by atoms with Crippen molar-refractivity contribution >= 4 is 0 Å². The van der Waals surface area contributed by atoms with Crippen LogP contribution in [0.5, 0.6) is 0 Å². The predicted molar refractivity (Wildman–Crippen MR) is 98.6 cm³/mol. The highest BCUT2D eigenvalue weighted by atomic mass is 14.4. The molecule has 0 saturated heterocycles. The number of hydrogen-bond donors (Lipinski definition) is 0. The minimum absolute atomic E-state index is 0.817. The molecular weight excluding hydrogens is 276 g/mol. The van der Waals surface area contributed by atoms with Gasteiger partial charge in [-0.15, -0.1) is 6.58 Å². The molecule has 0 bridgehead atoms. The molecule has 3 aliphatic rings. The van der Waals surface area contributed by atoms with E-state index in [9.17, 15) is 0 Å². The minimum Gasteiger partial charge on any atom is -0.103 e. The Kier molecular flexibility index (Phi) is 4.35. The van der Waals surface area contributed by atoms with E-state index < -0.39 is 0 Å². The molecule has 2 fully saturated rings. The third-order valence-corrected chi connectivity index (χ3v) is 7.32. The van der Waals surface area contributed by atoms with Crippen molar-refractivity contribution in [1.29, 1.82) is 0 Å². The molecule has 0 aromatic heterocycles. The average molecular weight is 309 g/mol. The summed E-state index contributed by atoms with van der Waals surface area (Å²) in [4.78, 5) is 0. The van der Waals surface area contributed by atoms with Gasteiger partial charge in [-0.3, -0.25) is 0 Å². The van der Waals surface area contributed by atoms with Gasteiger partial charge in [0, 0.05) is 0 Å². The Morgan fingerprint density at radius 1 is 0.870 bits per heavy atom. The highest BCUT2D eigenvalue weighted by Crippen LogP contribution is 2.48. The number of rotatable bonds is 2. The number of hydrogen-bond acceptors (Lipinski definition) is 0. The fourth-order valence-electron chi connectivity index (χ4n) is 5.92. The summed E-state index contributed by atoms with van der Waals surface area (Å²) in [7, 11) is 0. The van der Waals surface area contributed by atoms with Crippen molar-refractivity contribution in [2.24, 2.45) is 29.6 Å². The fraction of sp³-hybridized carbons (Fsp3) is 0.652. The Hall–Kier alpha value is -1.04. The summed E-state index contributed by atoms with van der Waals surface area (Å²) in [5.41, 5.74) is 4.73. The molecule has 0 spiro atoms. The van der Waals surface area contributed by atoms with Crippen molar-refractivity contribution in [3.8, 4) is 0 Å². The van der Waals surface area contributed by atoms with E-state index in [-0.39, 0.29) is 0 Å². The molecule has 3 unspecified atom stereocenters. The first-order valence-electron chi connectivity index (χ1n) is 9.94. The summed E-state index contributed by atoms with van der Waals surface area (Å²) in [6, 6.07) is 7.16. The topological polar surface area (TPSA) is 0 Å². The van der Waals surface area contributed by atoms with Crippen LogP contribution in [0.2, 0.25) is 0 Å². The Balaban J connectivity index is 1.41. The number of aryl methyl sites for hydroxylation is 2. The molecule has 4 rings (SSSR count). The van der Waals surface area contributed by atoms with Crippen molar-refractivity contribution in [2.45, 2.75) is 64.7 Å². The lowest BCUT2D eigenvalue weighted by atomic mass is 9.61. The van der Waals surface area contributed by atoms with E-state index in [4.69, 9.17) is 0 Å². The molecule has 0 nitrogen and oxygen atoms in total. The summed E-state index contributed by atoms with van der Waals surface area (Å²) >= 11 is 0. The molecule has 0 amide bonds. The van der Waals surface area contributed by atoms with Gasteiger partial charge in [-0.05, 0) is 105 Å². The van der Waals surface area contributed by atoms with E-state index in [0.717, 1.165) is 29.6 Å². The molecule has 0 N–H and O–H groups in total. The first-order chi connectivity index (χ1) is 11.2. The SMILES string of the molecule is C=C[C@@H]1CC[C@@H]2CC(C3CCc4cc(C)ccc4C3)CCC2C1. The Morgan fingerprint density at radius 2 is 1.61 bits per heavy atom. The maximum Gasteiger partial charge on any atom is -0.0233 e. The van der Waals surface area contributed by atoms with E-state index in [2.05, 4.69) is 37.8 Å². The van der Waals surface area contributed by atoms with Gasteiger partial charge in [0.1, 0.15) is 0 Å². The molecule has 0 heteroatoms. The van der Waals surface area contributed by atoms with Crippen LogP contribution in [0.15, 0.2) is 30.9 Å². The molecule has 0 radical (unpaired) electrons. The highest BCUT2D eigenvalue weighted by Gasteiger charge is 2.37. The number of allylic oxidation sites excluding steroid dienone is 1. The summed E-state index contributed by atoms with van der Waals surface area (Å²) in [5, 5.41) is 0. The van der Waals surface area contributed by atoms with Gasteiger partial charge in [0.2, 0.25) is 0 Å². The van der Waals surface area contributed by atoms with E-state index in [0.29, 0.717) is 0 Å². The van der Waals surface area contributed by atoms with Gasteiger partial charge >= 0.3 is 0 Å². The van der Waals surface area contributed by atoms with Crippen LogP contribution in [0.1, 0.15) is 61.6 Å². The van der Waals surface area contributed by atoms with Gasteiger partial charge in [-0.1, -0.05) is 29.8 Å². The Bertz CT molecular complexity index is 569. The van der Waals surface area contributed by atoms with Crippen LogP contribution in [0.4, 0.5) is 0 Å². The minimum atomic E-state index is 0.817. The van der Waals surface area contributed by atoms with Gasteiger partial charge in [0.25, 0.3) is 0 Å². The van der Waals surface area contributed by atoms with Crippen LogP contribution in [-0.4, -0.2) is 0 Å². The number of benzene rings is 1. The van der Waals surface area contributed by atoms with Gasteiger partial charge in [0.05, 0.1) is 0 Å². The number of fused-ring (bicyclic) bond motifs is 2. The van der Waals surface area contributed by atoms with Crippen LogP contribution in [-0.2, 0) is 12.8 Å². The molecule has 23 heavy (non-hydrogen) atoms. The smallest absolute Gasteiger partial charge is 0.0233 e. The van der Waals surface area contributed by atoms with Gasteiger partial charge < -0.3 is 0 Å². The average Bonchev–Trinajstić information content (AvgIpc) is 2.60. The molecule has 0 heterocycles. The molecule has 1 aromatic carbocycles. The fourth-order valence-corrected chi connectivity index (χ4v) is 5.92. The lowest BCUT2D eigenvalue weighted by molar-refractivity contribution is 0.0811. The van der Waals surface area contributed by atoms with Crippen LogP contribution >= 0.6 is 0 Å². The molecule has 124 valence electrons. The zero-order valence-corrected chi connectivity index (χ0v) is 14.8. The molecule has 2 saturated carbocycles. The zero-order chi connectivity index (χ0) is 15.8. The van der Waals surface area contributed by atoms with Crippen molar-refractivity contribution in [2.75, 3.05) is 0 Å². The van der Waals surface area contributed by atoms with Gasteiger partial charge in [0.15, 0.2) is 0 Å². The summed E-state index contributed by atoms with van der Waals surface area (Å²) in [6.45, 7) is 6.27. The Morgan fingerprint density at radius 3 is 2.43 bits per heavy atom. The highest BCUT2D eigenvalue weighted by molar-refractivity contribution is 5.33. The quantitative estimate of drug-likeness (QED) is 0.577. The van der Waals surface area contributed by atoms with Crippen LogP contribution < -0.4 is 0 Å². The molecule has 0 aliphatic heterocycles. The van der Waals surface area contributed by atoms with Gasteiger partial charge in [-0.25, -0.2) is 0 Å². The van der Waals surface area contributed by atoms with Crippen molar-refractivity contribution < 1.29 is 0 Å². The van der Waals surface area contributed by atoms with E-state index >= 15 is 0 Å². The lowest BCUT2D eigenvalue weighted by Gasteiger charge is -2.44. The van der Waals surface area contributed by atoms with Crippen LogP contribution in [0, 0.1) is 36.5 Å². The second-order valence-corrected chi connectivity index (χ2v) is 8.68. The van der Waals surface area contributed by atoms with E-state index in [1.54, 1.807) is 11.1 Å². The monoisotopic (exact) mass is 308 g/mol. The van der Waals surface area contributed by atoms with Crippen molar-refractivity contribution in [3.63, 3.8) is 0 Å². The lowest BCUT2D eigenvalue weighted by Crippen LogP contribution is -2.34. The maximum absolute atomic E-state index is 4.04. The predicted octanol–water partition coefficient (Wildman–Crippen LogP) is 6.12. The largest absolute Gasteiger partial charge is 0.103 e. The molecular formula is C23H32. The molecule has 5 atom stereocenters. The summed E-state index contributed by atoms with van der Waals surface area (Å²) in [6.07, 6.45) is 15.2. The standard InChI is InChI=1S/C23H32/c1-3-17-5-7-21-15-23(11-9-19(21)13-17)22-10-8-18-12-16(2)4-6-20(18)14-22/h3-4,6,12,17,19,21-23H,1,5,7-11,13-15H2,2H3/t17-,19?,21-,22?,23?/m1/s1. The van der Waals surface area contributed by atoms with Crippen LogP contribution in [0.25, 0.3) is 0 Å². The van der Waals surface area contributed by atoms with Crippen molar-refractivity contribution in [1.82, 2.24) is 0 Å². The normalized spacial score (nSPS) is 36.8. The maximum atomic E-state index is 4.04. The summed E-state index contributed by atoms with van der Waals surface area (Å²) < 4.78 is 0. The summed E-state index contributed by atoms with van der Waals surface area (Å²) in [5.74, 6) is 4.83. The van der Waals surface area contributed by atoms with E-state index in [1.165, 1.54) is 63.4 Å². The second kappa shape index (κ2) is 6.46. The molecule has 3 aliphatic carbocycles. The van der Waals surface area contributed by atoms with Gasteiger partial charge in [-0.2, -0.15) is 0 Å². The third-order valence-electron chi connectivity index (χ3n) is 7.32. The molecule has 1 aromatic rings. The second-order valence-electron chi connectivity index (χ2n) is 8.68. The first-order valence-corrected chi connectivity index (χ1v) is 9.94. The zero-order valence-electron chi connectivity index (χ0n) is 14.8.